The minimum absolute atomic E-state index is 0.136. The number of amides is 2. The standard InChI is InChI=1S/C10H14N4O5S3/c1-21-5-11-12-10(21)20-4-7(15)13-3-2-6-8(13)9(16)14(6)22(17,18)19/h5-6,8,12H,2-4H2,1H3,(H,17,18,19)/t6-,8+,21?/m1/s1. The van der Waals surface area contributed by atoms with E-state index in [0.29, 0.717) is 17.3 Å². The number of hydrogen-bond donors (Lipinski definition) is 2. The molecule has 0 aliphatic carbocycles. The van der Waals surface area contributed by atoms with E-state index in [1.165, 1.54) is 16.7 Å². The predicted molar refractivity (Wildman–Crippen MR) is 84.9 cm³/mol. The van der Waals surface area contributed by atoms with Crippen molar-refractivity contribution in [2.45, 2.75) is 18.5 Å². The Labute approximate surface area is 133 Å². The molecule has 22 heavy (non-hydrogen) atoms. The van der Waals surface area contributed by atoms with Gasteiger partial charge in [0.15, 0.2) is 0 Å². The van der Waals surface area contributed by atoms with Crippen molar-refractivity contribution in [1.29, 1.82) is 0 Å². The summed E-state index contributed by atoms with van der Waals surface area (Å²) in [6.07, 6.45) is 2.32. The molecule has 0 aromatic heterocycles. The molecule has 2 saturated heterocycles. The van der Waals surface area contributed by atoms with Gasteiger partial charge >= 0.3 is 10.3 Å². The Hall–Kier alpha value is -1.11. The molecule has 2 amide bonds. The van der Waals surface area contributed by atoms with Crippen molar-refractivity contribution in [3.8, 4) is 0 Å². The van der Waals surface area contributed by atoms with E-state index in [4.69, 9.17) is 4.55 Å². The maximum Gasteiger partial charge on any atom is 0.362 e. The normalized spacial score (nSPS) is 30.4. The number of likely N-dealkylation sites (tertiary alicyclic amines) is 1. The van der Waals surface area contributed by atoms with Crippen LogP contribution in [0.15, 0.2) is 5.10 Å². The molecule has 2 N–H and O–H groups in total. The third kappa shape index (κ3) is 2.53. The number of nitrogens with one attached hydrogen (secondary N) is 1. The fraction of sp³-hybridized carbons (Fsp3) is 0.600. The molecule has 0 radical (unpaired) electrons. The first kappa shape index (κ1) is 15.8. The summed E-state index contributed by atoms with van der Waals surface area (Å²) in [7, 11) is -4.68. The molecule has 122 valence electrons. The second kappa shape index (κ2) is 5.51. The van der Waals surface area contributed by atoms with Gasteiger partial charge in [0.05, 0.1) is 17.3 Å². The molecule has 2 fully saturated rings. The average Bonchev–Trinajstić information content (AvgIpc) is 2.98. The fourth-order valence-electron chi connectivity index (χ4n) is 2.71. The molecule has 0 saturated carbocycles. The highest BCUT2D eigenvalue weighted by atomic mass is 32.2. The topological polar surface area (TPSA) is 119 Å². The zero-order valence-corrected chi connectivity index (χ0v) is 13.9. The number of carbonyl (C=O) groups is 2. The van der Waals surface area contributed by atoms with E-state index in [1.807, 2.05) is 6.26 Å². The average molecular weight is 366 g/mol. The number of hydrogen-bond acceptors (Lipinski definition) is 7. The van der Waals surface area contributed by atoms with Crippen molar-refractivity contribution in [3.63, 3.8) is 0 Å². The predicted octanol–water partition coefficient (Wildman–Crippen LogP) is -1.13. The highest BCUT2D eigenvalue weighted by Crippen LogP contribution is 2.36. The van der Waals surface area contributed by atoms with Crippen LogP contribution in [0.1, 0.15) is 6.42 Å². The molecular weight excluding hydrogens is 352 g/mol. The molecule has 3 atom stereocenters. The number of thioether (sulfide) groups is 1. The van der Waals surface area contributed by atoms with Gasteiger partial charge in [0.25, 0.3) is 5.91 Å². The molecule has 3 rings (SSSR count). The summed E-state index contributed by atoms with van der Waals surface area (Å²) < 4.78 is 32.6. The summed E-state index contributed by atoms with van der Waals surface area (Å²) >= 11 is 1.33. The van der Waals surface area contributed by atoms with Crippen molar-refractivity contribution in [2.75, 3.05) is 18.6 Å². The van der Waals surface area contributed by atoms with Crippen LogP contribution in [-0.4, -0.2) is 74.5 Å². The van der Waals surface area contributed by atoms with Gasteiger partial charge < -0.3 is 4.90 Å². The quantitative estimate of drug-likeness (QED) is 0.368. The summed E-state index contributed by atoms with van der Waals surface area (Å²) in [5.41, 5.74) is 4.59. The van der Waals surface area contributed by atoms with Gasteiger partial charge in [0.1, 0.15) is 10.4 Å². The van der Waals surface area contributed by atoms with Crippen LogP contribution in [0.3, 0.4) is 0 Å². The van der Waals surface area contributed by atoms with E-state index in [1.54, 1.807) is 5.55 Å². The molecular formula is C10H14N4O5S3. The zero-order valence-electron chi connectivity index (χ0n) is 11.5. The van der Waals surface area contributed by atoms with Crippen LogP contribution in [0.25, 0.3) is 0 Å². The molecule has 3 heterocycles. The molecule has 3 aliphatic heterocycles. The minimum atomic E-state index is -4.54. The molecule has 0 spiro atoms. The Balaban J connectivity index is 1.62. The number of β-lactam (4-membered cyclic amide) rings is 1. The van der Waals surface area contributed by atoms with Gasteiger partial charge in [0.2, 0.25) is 5.91 Å². The number of hydrazone groups is 1. The van der Waals surface area contributed by atoms with E-state index in [2.05, 4.69) is 10.5 Å². The Morgan fingerprint density at radius 3 is 2.95 bits per heavy atom. The van der Waals surface area contributed by atoms with Gasteiger partial charge in [-0.1, -0.05) is 11.8 Å². The smallest absolute Gasteiger partial charge is 0.328 e. The number of carbonyl (C=O) groups excluding carboxylic acids is 2. The molecule has 0 bridgehead atoms. The third-order valence-electron chi connectivity index (χ3n) is 3.69. The van der Waals surface area contributed by atoms with Gasteiger partial charge in [-0.05, 0) is 12.7 Å². The number of nitrogens with zero attached hydrogens (tertiary/aromatic N) is 3. The van der Waals surface area contributed by atoms with Gasteiger partial charge in [-0.25, -0.2) is 4.31 Å². The molecule has 9 nitrogen and oxygen atoms in total. The van der Waals surface area contributed by atoms with Gasteiger partial charge in [-0.15, -0.1) is 10.5 Å². The molecule has 12 heteroatoms. The lowest BCUT2D eigenvalue weighted by Gasteiger charge is -2.42. The fourth-order valence-corrected chi connectivity index (χ4v) is 5.70. The lowest BCUT2D eigenvalue weighted by molar-refractivity contribution is -0.150. The van der Waals surface area contributed by atoms with Crippen molar-refractivity contribution in [2.24, 2.45) is 5.10 Å². The van der Waals surface area contributed by atoms with E-state index < -0.39 is 28.3 Å². The Kier molecular flexibility index (Phi) is 3.95. The van der Waals surface area contributed by atoms with E-state index in [-0.39, 0.29) is 22.1 Å². The summed E-state index contributed by atoms with van der Waals surface area (Å²) in [5, 5.41) is 3.91. The minimum Gasteiger partial charge on any atom is -0.328 e. The van der Waals surface area contributed by atoms with Crippen molar-refractivity contribution < 1.29 is 22.6 Å². The van der Waals surface area contributed by atoms with E-state index >= 15 is 0 Å². The van der Waals surface area contributed by atoms with Gasteiger partial charge in [-0.2, -0.15) is 13.5 Å². The second-order valence-electron chi connectivity index (χ2n) is 4.98. The monoisotopic (exact) mass is 366 g/mol. The molecule has 0 aromatic rings. The van der Waals surface area contributed by atoms with Crippen LogP contribution < -0.4 is 5.43 Å². The van der Waals surface area contributed by atoms with E-state index in [0.717, 1.165) is 4.32 Å². The first-order valence-electron chi connectivity index (χ1n) is 6.34. The Morgan fingerprint density at radius 2 is 2.36 bits per heavy atom. The first-order chi connectivity index (χ1) is 10.3. The van der Waals surface area contributed by atoms with Crippen molar-refractivity contribution in [1.82, 2.24) is 14.6 Å². The number of fused-ring (bicyclic) bond motifs is 1. The van der Waals surface area contributed by atoms with Crippen LogP contribution in [0.4, 0.5) is 0 Å². The summed E-state index contributed by atoms with van der Waals surface area (Å²) in [6.45, 7) is 0.309. The SMILES string of the molecule is CS1=C(SCC(=O)N2CC[C@@H]3[C@H]2C(=O)N3S(=O)(=O)O)NN=C1. The Bertz CT molecular complexity index is 703. The van der Waals surface area contributed by atoms with Crippen LogP contribution in [0.2, 0.25) is 0 Å². The summed E-state index contributed by atoms with van der Waals surface area (Å²) in [6, 6.07) is -1.41. The van der Waals surface area contributed by atoms with Crippen LogP contribution in [0, 0.1) is 0 Å². The maximum absolute atomic E-state index is 12.2. The molecule has 0 aromatic carbocycles. The third-order valence-corrected chi connectivity index (χ3v) is 7.62. The van der Waals surface area contributed by atoms with Crippen molar-refractivity contribution >= 4 is 54.2 Å². The van der Waals surface area contributed by atoms with Gasteiger partial charge in [-0.3, -0.25) is 19.6 Å². The highest BCUT2D eigenvalue weighted by molar-refractivity contribution is 8.39. The second-order valence-corrected chi connectivity index (χ2v) is 9.25. The summed E-state index contributed by atoms with van der Waals surface area (Å²) in [4.78, 5) is 25.5. The molecule has 3 aliphatic rings. The zero-order chi connectivity index (χ0) is 16.1. The lowest BCUT2D eigenvalue weighted by atomic mass is 10.0. The van der Waals surface area contributed by atoms with Crippen molar-refractivity contribution in [3.05, 3.63) is 0 Å². The maximum atomic E-state index is 12.2. The number of rotatable bonds is 3. The van der Waals surface area contributed by atoms with E-state index in [9.17, 15) is 18.0 Å². The Morgan fingerprint density at radius 1 is 1.64 bits per heavy atom. The lowest BCUT2D eigenvalue weighted by Crippen LogP contribution is -2.68. The van der Waals surface area contributed by atoms with Crippen LogP contribution >= 0.6 is 22.2 Å². The largest absolute Gasteiger partial charge is 0.362 e. The molecule has 1 unspecified atom stereocenters. The van der Waals surface area contributed by atoms with Gasteiger partial charge in [0, 0.05) is 6.54 Å². The summed E-state index contributed by atoms with van der Waals surface area (Å²) in [5.74, 6) is -0.807. The van der Waals surface area contributed by atoms with Crippen LogP contribution in [0.5, 0.6) is 0 Å². The first-order valence-corrected chi connectivity index (χ1v) is 10.4. The van der Waals surface area contributed by atoms with Crippen LogP contribution in [-0.2, 0) is 19.9 Å². The highest BCUT2D eigenvalue weighted by Gasteiger charge is 2.59.